The first kappa shape index (κ1) is 15.4. The van der Waals surface area contributed by atoms with E-state index in [1.54, 1.807) is 0 Å². The van der Waals surface area contributed by atoms with Crippen molar-refractivity contribution in [1.82, 2.24) is 20.0 Å². The standard InChI is InChI=1S/C19H24N4O/c1-13-17(18-20-19(24)16-10-6-7-11-22(16)18)14(2)23(21-13)12-15-8-4-3-5-9-15/h3-5,8-9,16,18H,6-7,10-12H2,1-2H3,(H,20,24)/t16-,18+/m0/s1. The van der Waals surface area contributed by atoms with E-state index in [1.165, 1.54) is 11.1 Å². The fraction of sp³-hybridized carbons (Fsp3) is 0.474. The Morgan fingerprint density at radius 3 is 2.79 bits per heavy atom. The van der Waals surface area contributed by atoms with Crippen LogP contribution in [0.5, 0.6) is 0 Å². The molecule has 2 fully saturated rings. The molecular weight excluding hydrogens is 300 g/mol. The SMILES string of the molecule is Cc1nn(Cc2ccccc2)c(C)c1[C@@H]1NC(=O)[C@@H]2CCCCN21. The lowest BCUT2D eigenvalue weighted by Gasteiger charge is -2.31. The zero-order valence-electron chi connectivity index (χ0n) is 14.3. The Hall–Kier alpha value is -2.14. The molecule has 0 bridgehead atoms. The Balaban J connectivity index is 1.65. The first-order valence-electron chi connectivity index (χ1n) is 8.79. The Morgan fingerprint density at radius 1 is 1.21 bits per heavy atom. The number of carbonyl (C=O) groups is 1. The molecule has 1 aromatic heterocycles. The summed E-state index contributed by atoms with van der Waals surface area (Å²) in [5.41, 5.74) is 4.57. The summed E-state index contributed by atoms with van der Waals surface area (Å²) in [7, 11) is 0. The number of piperidine rings is 1. The zero-order chi connectivity index (χ0) is 16.7. The van der Waals surface area contributed by atoms with Crippen molar-refractivity contribution in [2.24, 2.45) is 0 Å². The van der Waals surface area contributed by atoms with Gasteiger partial charge in [0.05, 0.1) is 18.3 Å². The Bertz CT molecular complexity index is 752. The second-order valence-corrected chi connectivity index (χ2v) is 6.89. The highest BCUT2D eigenvalue weighted by Crippen LogP contribution is 2.34. The van der Waals surface area contributed by atoms with Gasteiger partial charge in [-0.15, -0.1) is 0 Å². The van der Waals surface area contributed by atoms with E-state index in [9.17, 15) is 4.79 Å². The van der Waals surface area contributed by atoms with Crippen LogP contribution in [-0.2, 0) is 11.3 Å². The molecule has 1 aromatic carbocycles. The molecule has 1 N–H and O–H groups in total. The van der Waals surface area contributed by atoms with Gasteiger partial charge >= 0.3 is 0 Å². The normalized spacial score (nSPS) is 24.0. The number of hydrogen-bond donors (Lipinski definition) is 1. The maximum atomic E-state index is 12.3. The molecule has 0 unspecified atom stereocenters. The number of aromatic nitrogens is 2. The Labute approximate surface area is 142 Å². The number of nitrogens with one attached hydrogen (secondary N) is 1. The first-order valence-corrected chi connectivity index (χ1v) is 8.79. The maximum Gasteiger partial charge on any atom is 0.238 e. The molecule has 4 rings (SSSR count). The first-order chi connectivity index (χ1) is 11.6. The molecule has 3 heterocycles. The molecule has 2 aliphatic rings. The summed E-state index contributed by atoms with van der Waals surface area (Å²) < 4.78 is 2.06. The minimum absolute atomic E-state index is 0.0210. The smallest absolute Gasteiger partial charge is 0.238 e. The molecule has 1 amide bonds. The van der Waals surface area contributed by atoms with Gasteiger partial charge in [0.1, 0.15) is 6.17 Å². The molecule has 2 atom stereocenters. The average molecular weight is 324 g/mol. The minimum Gasteiger partial charge on any atom is -0.335 e. The van der Waals surface area contributed by atoms with Crippen LogP contribution in [0.2, 0.25) is 0 Å². The van der Waals surface area contributed by atoms with Crippen molar-refractivity contribution in [2.45, 2.75) is 51.9 Å². The van der Waals surface area contributed by atoms with Gasteiger partial charge in [-0.3, -0.25) is 14.4 Å². The van der Waals surface area contributed by atoms with Crippen molar-refractivity contribution in [3.63, 3.8) is 0 Å². The minimum atomic E-state index is -0.0210. The molecular formula is C19H24N4O. The molecule has 126 valence electrons. The third kappa shape index (κ3) is 2.53. The van der Waals surface area contributed by atoms with Crippen LogP contribution in [0.1, 0.15) is 47.9 Å². The third-order valence-electron chi connectivity index (χ3n) is 5.34. The van der Waals surface area contributed by atoms with Crippen molar-refractivity contribution in [2.75, 3.05) is 6.54 Å². The number of nitrogens with zero attached hydrogens (tertiary/aromatic N) is 3. The number of carbonyl (C=O) groups excluding carboxylic acids is 1. The molecule has 5 nitrogen and oxygen atoms in total. The number of rotatable bonds is 3. The van der Waals surface area contributed by atoms with Crippen LogP contribution < -0.4 is 5.32 Å². The fourth-order valence-electron chi connectivity index (χ4n) is 4.11. The molecule has 0 spiro atoms. The summed E-state index contributed by atoms with van der Waals surface area (Å²) in [6, 6.07) is 10.4. The quantitative estimate of drug-likeness (QED) is 0.944. The van der Waals surface area contributed by atoms with Crippen LogP contribution in [0, 0.1) is 13.8 Å². The predicted molar refractivity (Wildman–Crippen MR) is 92.5 cm³/mol. The number of aryl methyl sites for hydroxylation is 1. The van der Waals surface area contributed by atoms with Gasteiger partial charge in [-0.2, -0.15) is 5.10 Å². The topological polar surface area (TPSA) is 50.2 Å². The molecule has 0 radical (unpaired) electrons. The number of hydrogen-bond acceptors (Lipinski definition) is 3. The van der Waals surface area contributed by atoms with E-state index in [4.69, 9.17) is 5.10 Å². The van der Waals surface area contributed by atoms with Crippen LogP contribution in [0.4, 0.5) is 0 Å². The largest absolute Gasteiger partial charge is 0.335 e. The molecule has 2 aromatic rings. The van der Waals surface area contributed by atoms with E-state index in [1.807, 2.05) is 13.0 Å². The highest BCUT2D eigenvalue weighted by atomic mass is 16.2. The second kappa shape index (κ2) is 6.06. The Morgan fingerprint density at radius 2 is 2.00 bits per heavy atom. The average Bonchev–Trinajstić information content (AvgIpc) is 3.06. The lowest BCUT2D eigenvalue weighted by Crippen LogP contribution is -2.38. The van der Waals surface area contributed by atoms with Crippen molar-refractivity contribution < 1.29 is 4.79 Å². The van der Waals surface area contributed by atoms with E-state index in [0.29, 0.717) is 0 Å². The van der Waals surface area contributed by atoms with Crippen molar-refractivity contribution >= 4 is 5.91 Å². The fourth-order valence-corrected chi connectivity index (χ4v) is 4.11. The molecule has 2 aliphatic heterocycles. The highest BCUT2D eigenvalue weighted by Gasteiger charge is 2.43. The Kier molecular flexibility index (Phi) is 3.88. The van der Waals surface area contributed by atoms with Gasteiger partial charge < -0.3 is 5.32 Å². The summed E-state index contributed by atoms with van der Waals surface area (Å²) in [4.78, 5) is 14.7. The third-order valence-corrected chi connectivity index (χ3v) is 5.34. The van der Waals surface area contributed by atoms with Gasteiger partial charge in [0.2, 0.25) is 5.91 Å². The van der Waals surface area contributed by atoms with Crippen LogP contribution in [0.25, 0.3) is 0 Å². The van der Waals surface area contributed by atoms with Crippen LogP contribution >= 0.6 is 0 Å². The molecule has 2 saturated heterocycles. The zero-order valence-corrected chi connectivity index (χ0v) is 14.3. The van der Waals surface area contributed by atoms with Gasteiger partial charge in [0.25, 0.3) is 0 Å². The van der Waals surface area contributed by atoms with Crippen LogP contribution in [0.3, 0.4) is 0 Å². The predicted octanol–water partition coefficient (Wildman–Crippen LogP) is 2.53. The number of fused-ring (bicyclic) bond motifs is 1. The van der Waals surface area contributed by atoms with Crippen molar-refractivity contribution in [3.05, 3.63) is 52.8 Å². The van der Waals surface area contributed by atoms with Gasteiger partial charge in [-0.05, 0) is 32.3 Å². The van der Waals surface area contributed by atoms with E-state index in [0.717, 1.165) is 43.7 Å². The second-order valence-electron chi connectivity index (χ2n) is 6.89. The summed E-state index contributed by atoms with van der Waals surface area (Å²) >= 11 is 0. The lowest BCUT2D eigenvalue weighted by molar-refractivity contribution is -0.122. The van der Waals surface area contributed by atoms with Crippen LogP contribution in [0.15, 0.2) is 30.3 Å². The van der Waals surface area contributed by atoms with Gasteiger partial charge in [0, 0.05) is 17.8 Å². The highest BCUT2D eigenvalue weighted by molar-refractivity contribution is 5.84. The van der Waals surface area contributed by atoms with E-state index < -0.39 is 0 Å². The summed E-state index contributed by atoms with van der Waals surface area (Å²) in [6.07, 6.45) is 3.26. The molecule has 0 saturated carbocycles. The summed E-state index contributed by atoms with van der Waals surface area (Å²) in [5.74, 6) is 0.175. The van der Waals surface area contributed by atoms with Crippen molar-refractivity contribution in [1.29, 1.82) is 0 Å². The van der Waals surface area contributed by atoms with Gasteiger partial charge in [-0.25, -0.2) is 0 Å². The number of amides is 1. The number of benzene rings is 1. The lowest BCUT2D eigenvalue weighted by atomic mass is 10.0. The summed E-state index contributed by atoms with van der Waals surface area (Å²) in [6.45, 7) is 5.91. The van der Waals surface area contributed by atoms with Gasteiger partial charge in [0.15, 0.2) is 0 Å². The van der Waals surface area contributed by atoms with Gasteiger partial charge in [-0.1, -0.05) is 36.8 Å². The molecule has 24 heavy (non-hydrogen) atoms. The molecule has 5 heteroatoms. The maximum absolute atomic E-state index is 12.3. The van der Waals surface area contributed by atoms with E-state index in [2.05, 4.69) is 46.1 Å². The van der Waals surface area contributed by atoms with E-state index in [-0.39, 0.29) is 18.1 Å². The monoisotopic (exact) mass is 324 g/mol. The summed E-state index contributed by atoms with van der Waals surface area (Å²) in [5, 5.41) is 7.96. The van der Waals surface area contributed by atoms with Crippen molar-refractivity contribution in [3.8, 4) is 0 Å². The molecule has 0 aliphatic carbocycles. The van der Waals surface area contributed by atoms with E-state index >= 15 is 0 Å². The van der Waals surface area contributed by atoms with Crippen LogP contribution in [-0.4, -0.2) is 33.2 Å².